The Balaban J connectivity index is 1.58. The lowest BCUT2D eigenvalue weighted by molar-refractivity contribution is -0.129. The van der Waals surface area contributed by atoms with Crippen LogP contribution in [-0.2, 0) is 4.79 Å². The molecule has 1 aromatic rings. The monoisotopic (exact) mass is 390 g/mol. The van der Waals surface area contributed by atoms with Gasteiger partial charge in [-0.05, 0) is 15.9 Å². The van der Waals surface area contributed by atoms with Crippen LogP contribution in [0.2, 0.25) is 0 Å². The lowest BCUT2D eigenvalue weighted by Gasteiger charge is -2.42. The van der Waals surface area contributed by atoms with Crippen molar-refractivity contribution in [2.75, 3.05) is 31.1 Å². The van der Waals surface area contributed by atoms with Gasteiger partial charge in [0.05, 0.1) is 10.5 Å². The molecule has 0 aromatic carbocycles. The van der Waals surface area contributed by atoms with Crippen LogP contribution in [0.4, 0.5) is 14.7 Å². The van der Waals surface area contributed by atoms with E-state index >= 15 is 0 Å². The van der Waals surface area contributed by atoms with Crippen molar-refractivity contribution in [1.29, 1.82) is 0 Å². The highest BCUT2D eigenvalue weighted by atomic mass is 79.9. The molecule has 3 rings (SSSR count). The fraction of sp³-hybridized carbons (Fsp3) is 0.615. The van der Waals surface area contributed by atoms with E-state index in [1.807, 2.05) is 9.80 Å². The zero-order valence-corrected chi connectivity index (χ0v) is 13.8. The molecule has 126 valence electrons. The SMILES string of the molecule is O=C1CC(C(F)F)NC(N2CCN(c3ncc(Br)cn3)CC2)N1. The number of carbonyl (C=O) groups excluding carboxylic acids is 1. The number of rotatable bonds is 3. The summed E-state index contributed by atoms with van der Waals surface area (Å²) in [5, 5.41) is 5.52. The molecule has 0 aliphatic carbocycles. The molecule has 0 spiro atoms. The zero-order valence-electron chi connectivity index (χ0n) is 12.3. The number of nitrogens with zero attached hydrogens (tertiary/aromatic N) is 4. The molecule has 3 heterocycles. The molecule has 1 amide bonds. The van der Waals surface area contributed by atoms with Gasteiger partial charge in [0, 0.05) is 45.0 Å². The maximum Gasteiger partial charge on any atom is 0.254 e. The Morgan fingerprint density at radius 3 is 2.48 bits per heavy atom. The molecule has 2 atom stereocenters. The van der Waals surface area contributed by atoms with Gasteiger partial charge in [-0.1, -0.05) is 0 Å². The number of amides is 1. The molecule has 23 heavy (non-hydrogen) atoms. The van der Waals surface area contributed by atoms with Crippen molar-refractivity contribution in [2.24, 2.45) is 0 Å². The van der Waals surface area contributed by atoms with E-state index in [-0.39, 0.29) is 12.3 Å². The Kier molecular flexibility index (Phi) is 5.02. The molecule has 7 nitrogen and oxygen atoms in total. The number of anilines is 1. The highest BCUT2D eigenvalue weighted by Crippen LogP contribution is 2.16. The summed E-state index contributed by atoms with van der Waals surface area (Å²) in [6.45, 7) is 2.56. The van der Waals surface area contributed by atoms with Crippen molar-refractivity contribution in [3.63, 3.8) is 0 Å². The van der Waals surface area contributed by atoms with Gasteiger partial charge in [0.15, 0.2) is 0 Å². The Hall–Kier alpha value is -1.39. The summed E-state index contributed by atoms with van der Waals surface area (Å²) in [6.07, 6.45) is 0.0700. The summed E-state index contributed by atoms with van der Waals surface area (Å²) in [5.41, 5.74) is 0. The molecule has 2 aliphatic rings. The van der Waals surface area contributed by atoms with E-state index in [4.69, 9.17) is 0 Å². The van der Waals surface area contributed by atoms with Gasteiger partial charge in [0.2, 0.25) is 11.9 Å². The van der Waals surface area contributed by atoms with E-state index in [1.54, 1.807) is 12.4 Å². The van der Waals surface area contributed by atoms with Crippen molar-refractivity contribution in [3.05, 3.63) is 16.9 Å². The molecule has 2 N–H and O–H groups in total. The lowest BCUT2D eigenvalue weighted by Crippen LogP contribution is -2.67. The fourth-order valence-corrected chi connectivity index (χ4v) is 2.93. The molecule has 2 saturated heterocycles. The fourth-order valence-electron chi connectivity index (χ4n) is 2.72. The van der Waals surface area contributed by atoms with Crippen LogP contribution in [0.3, 0.4) is 0 Å². The largest absolute Gasteiger partial charge is 0.338 e. The van der Waals surface area contributed by atoms with Gasteiger partial charge < -0.3 is 10.2 Å². The number of piperazine rings is 1. The molecule has 2 unspecified atom stereocenters. The Morgan fingerprint density at radius 2 is 1.87 bits per heavy atom. The van der Waals surface area contributed by atoms with E-state index < -0.39 is 18.8 Å². The first-order valence-corrected chi connectivity index (χ1v) is 8.12. The van der Waals surface area contributed by atoms with Crippen LogP contribution < -0.4 is 15.5 Å². The summed E-state index contributed by atoms with van der Waals surface area (Å²) < 4.78 is 26.5. The van der Waals surface area contributed by atoms with Crippen LogP contribution in [0.25, 0.3) is 0 Å². The molecule has 2 aliphatic heterocycles. The third-order valence-electron chi connectivity index (χ3n) is 3.95. The number of aromatic nitrogens is 2. The molecule has 10 heteroatoms. The molecule has 0 saturated carbocycles. The van der Waals surface area contributed by atoms with E-state index in [0.717, 1.165) is 4.47 Å². The highest BCUT2D eigenvalue weighted by molar-refractivity contribution is 9.10. The number of carbonyl (C=O) groups is 1. The zero-order chi connectivity index (χ0) is 16.4. The van der Waals surface area contributed by atoms with Crippen molar-refractivity contribution in [2.45, 2.75) is 25.2 Å². The van der Waals surface area contributed by atoms with Crippen molar-refractivity contribution < 1.29 is 13.6 Å². The van der Waals surface area contributed by atoms with Gasteiger partial charge in [-0.25, -0.2) is 18.7 Å². The molecule has 1 aromatic heterocycles. The van der Waals surface area contributed by atoms with E-state index in [0.29, 0.717) is 32.1 Å². The number of hydrogen-bond acceptors (Lipinski definition) is 6. The Bertz CT molecular complexity index is 552. The predicted octanol–water partition coefficient (Wildman–Crippen LogP) is 0.388. The lowest BCUT2D eigenvalue weighted by atomic mass is 10.1. The molecular formula is C13H17BrF2N6O. The number of nitrogens with one attached hydrogen (secondary N) is 2. The third-order valence-corrected chi connectivity index (χ3v) is 4.36. The average molecular weight is 391 g/mol. The van der Waals surface area contributed by atoms with Crippen LogP contribution in [-0.4, -0.2) is 65.7 Å². The first-order chi connectivity index (χ1) is 11.0. The standard InChI is InChI=1S/C13H17BrF2N6O/c14-8-6-17-12(18-7-8)21-1-3-22(4-2-21)13-19-9(11(15)16)5-10(23)20-13/h6-7,9,11,13,19H,1-5H2,(H,20,23). The predicted molar refractivity (Wildman–Crippen MR) is 83.0 cm³/mol. The second-order valence-electron chi connectivity index (χ2n) is 5.51. The molecule has 0 bridgehead atoms. The highest BCUT2D eigenvalue weighted by Gasteiger charge is 2.35. The molecule has 0 radical (unpaired) electrons. The summed E-state index contributed by atoms with van der Waals surface area (Å²) in [5.74, 6) is 0.289. The smallest absolute Gasteiger partial charge is 0.254 e. The minimum atomic E-state index is -2.55. The van der Waals surface area contributed by atoms with Crippen LogP contribution in [0.5, 0.6) is 0 Å². The van der Waals surface area contributed by atoms with Crippen molar-refractivity contribution in [1.82, 2.24) is 25.5 Å². The van der Waals surface area contributed by atoms with Crippen molar-refractivity contribution in [3.8, 4) is 0 Å². The van der Waals surface area contributed by atoms with Crippen LogP contribution >= 0.6 is 15.9 Å². The van der Waals surface area contributed by atoms with Gasteiger partial charge in [-0.3, -0.25) is 15.0 Å². The Morgan fingerprint density at radius 1 is 1.22 bits per heavy atom. The second-order valence-corrected chi connectivity index (χ2v) is 6.42. The number of alkyl halides is 2. The van der Waals surface area contributed by atoms with E-state index in [1.165, 1.54) is 0 Å². The maximum absolute atomic E-state index is 12.9. The van der Waals surface area contributed by atoms with Crippen molar-refractivity contribution >= 4 is 27.8 Å². The molecular weight excluding hydrogens is 374 g/mol. The number of hydrogen-bond donors (Lipinski definition) is 2. The summed E-state index contributed by atoms with van der Waals surface area (Å²) in [7, 11) is 0. The third kappa shape index (κ3) is 3.93. The van der Waals surface area contributed by atoms with Crippen LogP contribution in [0.1, 0.15) is 6.42 Å². The second kappa shape index (κ2) is 7.02. The number of halogens is 3. The quantitative estimate of drug-likeness (QED) is 0.777. The summed E-state index contributed by atoms with van der Waals surface area (Å²) in [6, 6.07) is -1.10. The van der Waals surface area contributed by atoms with Crippen LogP contribution in [0, 0.1) is 0 Å². The van der Waals surface area contributed by atoms with Gasteiger partial charge in [0.1, 0.15) is 6.29 Å². The van der Waals surface area contributed by atoms with Gasteiger partial charge in [-0.15, -0.1) is 0 Å². The minimum absolute atomic E-state index is 0.194. The van der Waals surface area contributed by atoms with E-state index in [9.17, 15) is 13.6 Å². The van der Waals surface area contributed by atoms with Crippen LogP contribution in [0.15, 0.2) is 16.9 Å². The first kappa shape index (κ1) is 16.5. The van der Waals surface area contributed by atoms with E-state index in [2.05, 4.69) is 36.5 Å². The summed E-state index contributed by atoms with van der Waals surface area (Å²) >= 11 is 3.29. The Labute approximate surface area is 140 Å². The van der Waals surface area contributed by atoms with Gasteiger partial charge in [0.25, 0.3) is 6.43 Å². The van der Waals surface area contributed by atoms with Gasteiger partial charge >= 0.3 is 0 Å². The minimum Gasteiger partial charge on any atom is -0.338 e. The topological polar surface area (TPSA) is 73.4 Å². The first-order valence-electron chi connectivity index (χ1n) is 7.33. The average Bonchev–Trinajstić information content (AvgIpc) is 2.55. The summed E-state index contributed by atoms with van der Waals surface area (Å²) in [4.78, 5) is 24.1. The maximum atomic E-state index is 12.9. The molecule has 2 fully saturated rings. The van der Waals surface area contributed by atoms with Gasteiger partial charge in [-0.2, -0.15) is 0 Å². The normalized spacial score (nSPS) is 26.4.